The van der Waals surface area contributed by atoms with E-state index in [-0.39, 0.29) is 56.0 Å². The van der Waals surface area contributed by atoms with Crippen molar-refractivity contribution < 1.29 is 37.2 Å². The molecule has 0 aromatic heterocycles. The van der Waals surface area contributed by atoms with Crippen LogP contribution < -0.4 is 24.5 Å². The van der Waals surface area contributed by atoms with Gasteiger partial charge in [-0.1, -0.05) is 198 Å². The highest BCUT2D eigenvalue weighted by Crippen LogP contribution is 2.38. The molecule has 8 aliphatic heterocycles. The van der Waals surface area contributed by atoms with E-state index in [0.717, 1.165) is 166 Å². The molecule has 638 valence electrons. The minimum Gasteiger partial charge on any atom is -0.392 e. The van der Waals surface area contributed by atoms with Crippen LogP contribution in [-0.4, -0.2) is 219 Å². The molecule has 8 fully saturated rings. The fourth-order valence-corrected chi connectivity index (χ4v) is 16.4. The summed E-state index contributed by atoms with van der Waals surface area (Å²) in [6.07, 6.45) is 3.94. The first-order valence-electron chi connectivity index (χ1n) is 43.5. The molecule has 0 aliphatic carbocycles. The number of piperidine rings is 1. The number of halogens is 3. The van der Waals surface area contributed by atoms with E-state index in [1.165, 1.54) is 71.5 Å². The Hall–Kier alpha value is -6.25. The summed E-state index contributed by atoms with van der Waals surface area (Å²) in [6.45, 7) is 71.6. The molecule has 6 aromatic rings. The number of β-amino-alcohol motifs (C(OH)–C–C–N with tert-alkyl or cyclic N) is 1. The average molecular weight is 1590 g/mol. The van der Waals surface area contributed by atoms with Crippen molar-refractivity contribution in [2.75, 3.05) is 182 Å². The van der Waals surface area contributed by atoms with Crippen LogP contribution in [0, 0.1) is 17.5 Å². The Balaban J connectivity index is 0.000000158. The lowest BCUT2D eigenvalue weighted by Crippen LogP contribution is -2.59. The highest BCUT2D eigenvalue weighted by Gasteiger charge is 2.36. The van der Waals surface area contributed by atoms with E-state index >= 15 is 0 Å². The van der Waals surface area contributed by atoms with Gasteiger partial charge < -0.3 is 48.6 Å². The Labute approximate surface area is 694 Å². The number of nitrogens with zero attached hydrogens (tertiary/aromatic N) is 9. The first kappa shape index (κ1) is 92.6. The van der Waals surface area contributed by atoms with Crippen molar-refractivity contribution in [1.29, 1.82) is 0 Å². The number of ether oxygens (including phenoxy) is 4. The van der Waals surface area contributed by atoms with Crippen LogP contribution in [0.25, 0.3) is 0 Å². The average Bonchev–Trinajstić information content (AvgIpc) is 0.776. The summed E-state index contributed by atoms with van der Waals surface area (Å²) in [6, 6.07) is 45.7. The summed E-state index contributed by atoms with van der Waals surface area (Å²) in [5.41, 5.74) is 14.7. The zero-order valence-corrected chi connectivity index (χ0v) is 75.1. The van der Waals surface area contributed by atoms with Gasteiger partial charge in [0.05, 0.1) is 76.7 Å². The highest BCUT2D eigenvalue weighted by atomic mass is 19.1. The summed E-state index contributed by atoms with van der Waals surface area (Å²) in [7, 11) is 0. The number of hydrogen-bond donors (Lipinski definition) is 1. The predicted molar refractivity (Wildman–Crippen MR) is 477 cm³/mol. The van der Waals surface area contributed by atoms with E-state index in [1.54, 1.807) is 24.3 Å². The van der Waals surface area contributed by atoms with Crippen molar-refractivity contribution in [3.05, 3.63) is 184 Å². The zero-order chi connectivity index (χ0) is 83.8. The molecular formula is C98H150F3N9O5. The van der Waals surface area contributed by atoms with Gasteiger partial charge in [0.15, 0.2) is 0 Å². The Morgan fingerprint density at radius 2 is 0.861 bits per heavy atom. The van der Waals surface area contributed by atoms with E-state index < -0.39 is 0 Å². The molecule has 115 heavy (non-hydrogen) atoms. The molecule has 17 heteroatoms. The second-order valence-electron chi connectivity index (χ2n) is 39.9. The standard InChI is InChI=1S/2C18H27FN2O.C17H28N2O.C16H25N.C15H22FNO.C14H21NO/c1-13-10-20(15-11-22-12-15)7-8-21(13)17-6-5-14(9-16(17)19)18(2,3)4;1-13-10-20(15-11-22-12-15)7-8-21(13)17-9-14(19)5-6-16(17)18(2,3)4;1-14(20)13-18-9-11-19(12-10-18)16-7-5-15(6-8-16)17(2,3)4;1-16(2,3)15-9-7-14(8-10-15)13-17-11-5-4-6-12-17;1-11-10-18-8-7-17(11)12-5-6-13(14(16)9-12)15(2,3)4;1-14(2,3)12-5-4-6-13(11-12)15-7-9-16-10-8-15/h2*5-6,9,13,15H,7-8,10-12H2,1-4H3;5-8,14,20H,9-13H2,1-4H3;7-10H,4-6,11-13H2,1-3H3;5-6,9,11H,7-8,10H2,1-4H3;4-6,11H,7-10H2,1-3H3/t2*13-;;;11-;/m00..0./s1. The predicted octanol–water partition coefficient (Wildman–Crippen LogP) is 18.7. The molecule has 1 N–H and O–H groups in total. The minimum atomic E-state index is -0.229. The second-order valence-corrected chi connectivity index (χ2v) is 39.9. The molecule has 0 spiro atoms. The number of morpholine rings is 2. The summed E-state index contributed by atoms with van der Waals surface area (Å²) < 4.78 is 64.0. The number of piperazine rings is 3. The van der Waals surface area contributed by atoms with Crippen LogP contribution in [0.1, 0.15) is 211 Å². The molecule has 8 aliphatic rings. The Kier molecular flexibility index (Phi) is 33.1. The van der Waals surface area contributed by atoms with Gasteiger partial charge in [0.2, 0.25) is 0 Å². The van der Waals surface area contributed by atoms with Crippen LogP contribution in [0.3, 0.4) is 0 Å². The number of rotatable bonds is 11. The Morgan fingerprint density at radius 1 is 0.374 bits per heavy atom. The van der Waals surface area contributed by atoms with Crippen LogP contribution in [-0.2, 0) is 58.0 Å². The minimum absolute atomic E-state index is 0.0156. The normalized spacial score (nSPS) is 21.1. The monoisotopic (exact) mass is 1590 g/mol. The van der Waals surface area contributed by atoms with Gasteiger partial charge in [0, 0.05) is 139 Å². The number of aliphatic hydroxyl groups is 1. The summed E-state index contributed by atoms with van der Waals surface area (Å²) in [4.78, 5) is 21.5. The maximum atomic E-state index is 14.6. The number of benzene rings is 6. The van der Waals surface area contributed by atoms with E-state index in [9.17, 15) is 18.3 Å². The van der Waals surface area contributed by atoms with Gasteiger partial charge in [0.25, 0.3) is 0 Å². The third kappa shape index (κ3) is 27.4. The Bertz CT molecular complexity index is 3900. The van der Waals surface area contributed by atoms with Crippen LogP contribution >= 0.6 is 0 Å². The van der Waals surface area contributed by atoms with Crippen LogP contribution in [0.5, 0.6) is 0 Å². The number of likely N-dealkylation sites (tertiary alicyclic amines) is 1. The lowest BCUT2D eigenvalue weighted by Gasteiger charge is -2.47. The van der Waals surface area contributed by atoms with Crippen molar-refractivity contribution in [1.82, 2.24) is 19.6 Å². The number of hydrogen-bond acceptors (Lipinski definition) is 14. The molecule has 8 heterocycles. The van der Waals surface area contributed by atoms with Crippen LogP contribution in [0.15, 0.2) is 127 Å². The molecular weight excluding hydrogens is 1440 g/mol. The van der Waals surface area contributed by atoms with Crippen molar-refractivity contribution in [2.24, 2.45) is 0 Å². The molecule has 6 aromatic carbocycles. The largest absolute Gasteiger partial charge is 0.392 e. The molecule has 0 amide bonds. The molecule has 8 saturated heterocycles. The maximum absolute atomic E-state index is 14.6. The lowest BCUT2D eigenvalue weighted by molar-refractivity contribution is -0.0692. The van der Waals surface area contributed by atoms with Gasteiger partial charge in [-0.15, -0.1) is 0 Å². The molecule has 0 bridgehead atoms. The van der Waals surface area contributed by atoms with Crippen LogP contribution in [0.2, 0.25) is 0 Å². The third-order valence-electron chi connectivity index (χ3n) is 24.0. The van der Waals surface area contributed by atoms with Gasteiger partial charge in [0.1, 0.15) is 17.5 Å². The second kappa shape index (κ2) is 41.1. The van der Waals surface area contributed by atoms with Crippen molar-refractivity contribution in [2.45, 2.75) is 247 Å². The van der Waals surface area contributed by atoms with E-state index in [0.29, 0.717) is 43.4 Å². The van der Waals surface area contributed by atoms with Crippen molar-refractivity contribution in [3.8, 4) is 0 Å². The molecule has 0 radical (unpaired) electrons. The van der Waals surface area contributed by atoms with Gasteiger partial charge in [-0.2, -0.15) is 0 Å². The fraction of sp³-hybridized carbons (Fsp3) is 0.633. The molecule has 14 rings (SSSR count). The fourth-order valence-electron chi connectivity index (χ4n) is 16.4. The van der Waals surface area contributed by atoms with Gasteiger partial charge in [-0.05, 0) is 186 Å². The summed E-state index contributed by atoms with van der Waals surface area (Å²) >= 11 is 0. The lowest BCUT2D eigenvalue weighted by atomic mass is 9.85. The van der Waals surface area contributed by atoms with E-state index in [1.807, 2.05) is 52.0 Å². The Morgan fingerprint density at radius 3 is 1.34 bits per heavy atom. The first-order valence-corrected chi connectivity index (χ1v) is 43.5. The smallest absolute Gasteiger partial charge is 0.146 e. The first-order chi connectivity index (χ1) is 54.1. The molecule has 1 unspecified atom stereocenters. The van der Waals surface area contributed by atoms with Crippen molar-refractivity contribution >= 4 is 28.4 Å². The molecule has 14 nitrogen and oxygen atoms in total. The summed E-state index contributed by atoms with van der Waals surface area (Å²) in [5.74, 6) is -0.358. The van der Waals surface area contributed by atoms with Gasteiger partial charge >= 0.3 is 0 Å². The van der Waals surface area contributed by atoms with E-state index in [2.05, 4.69) is 248 Å². The third-order valence-corrected chi connectivity index (χ3v) is 24.0. The maximum Gasteiger partial charge on any atom is 0.146 e. The molecule has 0 saturated carbocycles. The van der Waals surface area contributed by atoms with Gasteiger partial charge in [-0.25, -0.2) is 13.2 Å². The highest BCUT2D eigenvalue weighted by molar-refractivity contribution is 5.59. The summed E-state index contributed by atoms with van der Waals surface area (Å²) in [5, 5.41) is 9.44. The quantitative estimate of drug-likeness (QED) is 0.134. The topological polar surface area (TPSA) is 86.3 Å². The van der Waals surface area contributed by atoms with Crippen molar-refractivity contribution in [3.63, 3.8) is 0 Å². The van der Waals surface area contributed by atoms with Crippen LogP contribution in [0.4, 0.5) is 41.6 Å². The number of aliphatic hydroxyl groups excluding tert-OH is 1. The number of anilines is 5. The van der Waals surface area contributed by atoms with E-state index in [4.69, 9.17) is 18.9 Å². The zero-order valence-electron chi connectivity index (χ0n) is 75.1. The SMILES string of the molecule is CC(C)(C)c1ccc(CN2CCCCC2)cc1.CC(C)(C)c1cccc(N2CCOCC2)c1.CC(O)CN1CCN(c2ccc(C(C)(C)C)cc2)CC1.C[C@H]1CN(C2COC2)CCN1c1cc(F)ccc1C(C)(C)C.C[C@H]1CN(C2COC2)CCN1c1ccc(C(C)(C)C)cc1F.C[C@H]1COCCN1c1ccc(C(C)(C)C)c(F)c1. The van der Waals surface area contributed by atoms with Gasteiger partial charge in [-0.3, -0.25) is 19.6 Å². The molecule has 4 atom stereocenters.